The van der Waals surface area contributed by atoms with Crippen molar-refractivity contribution in [2.45, 2.75) is 50.2 Å². The van der Waals surface area contributed by atoms with Gasteiger partial charge in [-0.3, -0.25) is 14.9 Å². The van der Waals surface area contributed by atoms with E-state index in [0.29, 0.717) is 57.9 Å². The number of non-ortho nitro benzene ring substituents is 1. The molecule has 0 spiro atoms. The van der Waals surface area contributed by atoms with Crippen molar-refractivity contribution in [1.29, 1.82) is 0 Å². The highest BCUT2D eigenvalue weighted by molar-refractivity contribution is 5.78. The molecular formula is C27H27F6N5O5. The molecule has 1 saturated heterocycles. The van der Waals surface area contributed by atoms with Crippen LogP contribution in [0.4, 0.5) is 43.7 Å². The number of carbonyl (C=O) groups excluding carboxylic acids is 1. The van der Waals surface area contributed by atoms with Crippen LogP contribution in [0.3, 0.4) is 0 Å². The molecule has 232 valence electrons. The van der Waals surface area contributed by atoms with Gasteiger partial charge in [-0.15, -0.1) is 0 Å². The predicted molar refractivity (Wildman–Crippen MR) is 142 cm³/mol. The van der Waals surface area contributed by atoms with E-state index in [-0.39, 0.29) is 47.5 Å². The van der Waals surface area contributed by atoms with Gasteiger partial charge in [0.2, 0.25) is 5.91 Å². The van der Waals surface area contributed by atoms with Crippen LogP contribution in [0.2, 0.25) is 0 Å². The summed E-state index contributed by atoms with van der Waals surface area (Å²) in [6.45, 7) is 1.28. The van der Waals surface area contributed by atoms with Gasteiger partial charge in [-0.2, -0.15) is 31.3 Å². The van der Waals surface area contributed by atoms with E-state index in [4.69, 9.17) is 9.15 Å². The highest BCUT2D eigenvalue weighted by Gasteiger charge is 2.34. The lowest BCUT2D eigenvalue weighted by molar-refractivity contribution is -0.385. The first-order valence-electron chi connectivity index (χ1n) is 13.5. The van der Waals surface area contributed by atoms with E-state index in [1.54, 1.807) is 9.80 Å². The van der Waals surface area contributed by atoms with Crippen LogP contribution in [0.1, 0.15) is 36.8 Å². The molecule has 2 fully saturated rings. The van der Waals surface area contributed by atoms with Gasteiger partial charge in [-0.1, -0.05) is 0 Å². The third-order valence-electron chi connectivity index (χ3n) is 7.55. The van der Waals surface area contributed by atoms with E-state index >= 15 is 0 Å². The SMILES string of the molecule is O=C(COC1CCC(Nc2cc([N+](=O)[O-])cc(C(F)(F)F)c2)CC1)N1CCN(c2nc3cc(C(F)(F)F)ccc3o2)CC1. The van der Waals surface area contributed by atoms with E-state index in [9.17, 15) is 41.3 Å². The molecule has 0 unspecified atom stereocenters. The summed E-state index contributed by atoms with van der Waals surface area (Å²) in [4.78, 5) is 30.5. The van der Waals surface area contributed by atoms with Gasteiger partial charge in [0, 0.05) is 50.0 Å². The fraction of sp³-hybridized carbons (Fsp3) is 0.481. The Morgan fingerprint density at radius 1 is 0.977 bits per heavy atom. The number of oxazole rings is 1. The highest BCUT2D eigenvalue weighted by atomic mass is 19.4. The van der Waals surface area contributed by atoms with Gasteiger partial charge in [0.1, 0.15) is 12.1 Å². The van der Waals surface area contributed by atoms with E-state index in [1.165, 1.54) is 6.07 Å². The topological polar surface area (TPSA) is 114 Å². The summed E-state index contributed by atoms with van der Waals surface area (Å²) >= 11 is 0. The number of hydrogen-bond donors (Lipinski definition) is 1. The number of halogens is 6. The number of alkyl halides is 6. The number of hydrogen-bond acceptors (Lipinski definition) is 8. The number of fused-ring (bicyclic) bond motifs is 1. The van der Waals surface area contributed by atoms with Gasteiger partial charge in [-0.05, 0) is 49.9 Å². The molecule has 2 heterocycles. The Morgan fingerprint density at radius 2 is 1.65 bits per heavy atom. The van der Waals surface area contributed by atoms with E-state index in [2.05, 4.69) is 10.3 Å². The Labute approximate surface area is 240 Å². The fourth-order valence-electron chi connectivity index (χ4n) is 5.23. The number of amides is 1. The van der Waals surface area contributed by atoms with Crippen LogP contribution in [0, 0.1) is 10.1 Å². The molecular weight excluding hydrogens is 588 g/mol. The smallest absolute Gasteiger partial charge is 0.416 e. The minimum Gasteiger partial charge on any atom is -0.423 e. The second-order valence-electron chi connectivity index (χ2n) is 10.5. The van der Waals surface area contributed by atoms with Crippen LogP contribution in [-0.4, -0.2) is 65.6 Å². The molecule has 1 saturated carbocycles. The van der Waals surface area contributed by atoms with Gasteiger partial charge in [-0.25, -0.2) is 0 Å². The van der Waals surface area contributed by atoms with E-state index in [1.807, 2.05) is 0 Å². The van der Waals surface area contributed by atoms with Gasteiger partial charge in [0.25, 0.3) is 11.7 Å². The molecule has 1 aliphatic heterocycles. The predicted octanol–water partition coefficient (Wildman–Crippen LogP) is 5.86. The zero-order valence-electron chi connectivity index (χ0n) is 22.6. The molecule has 0 atom stereocenters. The zero-order valence-corrected chi connectivity index (χ0v) is 22.6. The maximum absolute atomic E-state index is 13.2. The van der Waals surface area contributed by atoms with E-state index < -0.39 is 34.1 Å². The number of nitrogens with zero attached hydrogens (tertiary/aromatic N) is 4. The number of benzene rings is 2. The largest absolute Gasteiger partial charge is 0.423 e. The second-order valence-corrected chi connectivity index (χ2v) is 10.5. The Morgan fingerprint density at radius 3 is 2.28 bits per heavy atom. The highest BCUT2D eigenvalue weighted by Crippen LogP contribution is 2.35. The number of nitro groups is 1. The number of ether oxygens (including phenoxy) is 1. The van der Waals surface area contributed by atoms with Crippen molar-refractivity contribution in [1.82, 2.24) is 9.88 Å². The Kier molecular flexibility index (Phi) is 8.40. The summed E-state index contributed by atoms with van der Waals surface area (Å²) in [5.41, 5.74) is -2.23. The van der Waals surface area contributed by atoms with Crippen LogP contribution in [0.5, 0.6) is 0 Å². The van der Waals surface area contributed by atoms with Crippen LogP contribution >= 0.6 is 0 Å². The molecule has 1 N–H and O–H groups in total. The lowest BCUT2D eigenvalue weighted by atomic mass is 9.92. The molecule has 1 amide bonds. The number of anilines is 2. The molecule has 2 aromatic carbocycles. The molecule has 0 bridgehead atoms. The number of nitro benzene ring substituents is 1. The number of piperazine rings is 1. The van der Waals surface area contributed by atoms with Crippen molar-refractivity contribution in [3.63, 3.8) is 0 Å². The number of carbonyl (C=O) groups is 1. The Hall–Kier alpha value is -4.08. The van der Waals surface area contributed by atoms with Crippen LogP contribution in [0.15, 0.2) is 40.8 Å². The fourth-order valence-corrected chi connectivity index (χ4v) is 5.23. The van der Waals surface area contributed by atoms with Crippen molar-refractivity contribution in [3.05, 3.63) is 57.6 Å². The zero-order chi connectivity index (χ0) is 30.9. The normalized spacial score (nSPS) is 20.0. The summed E-state index contributed by atoms with van der Waals surface area (Å²) in [5.74, 6) is -0.219. The number of rotatable bonds is 7. The van der Waals surface area contributed by atoms with Gasteiger partial charge in [0.05, 0.1) is 22.2 Å². The number of nitrogens with one attached hydrogen (secondary N) is 1. The minimum atomic E-state index is -4.72. The molecule has 3 aromatic rings. The average molecular weight is 616 g/mol. The van der Waals surface area contributed by atoms with Crippen LogP contribution < -0.4 is 10.2 Å². The van der Waals surface area contributed by atoms with Crippen molar-refractivity contribution in [2.75, 3.05) is 43.0 Å². The van der Waals surface area contributed by atoms with Crippen molar-refractivity contribution in [2.24, 2.45) is 0 Å². The summed E-state index contributed by atoms with van der Waals surface area (Å²) in [6, 6.07) is 5.49. The first-order valence-corrected chi connectivity index (χ1v) is 13.5. The summed E-state index contributed by atoms with van der Waals surface area (Å²) in [6.07, 6.45) is -7.26. The Balaban J connectivity index is 1.07. The maximum atomic E-state index is 13.2. The second kappa shape index (κ2) is 11.9. The summed E-state index contributed by atoms with van der Waals surface area (Å²) in [7, 11) is 0. The maximum Gasteiger partial charge on any atom is 0.416 e. The van der Waals surface area contributed by atoms with Gasteiger partial charge < -0.3 is 24.3 Å². The number of aromatic nitrogens is 1. The monoisotopic (exact) mass is 615 g/mol. The molecule has 2 aliphatic rings. The lowest BCUT2D eigenvalue weighted by Gasteiger charge is -2.34. The molecule has 43 heavy (non-hydrogen) atoms. The van der Waals surface area contributed by atoms with Gasteiger partial charge in [0.15, 0.2) is 5.58 Å². The Bertz CT molecular complexity index is 1480. The lowest BCUT2D eigenvalue weighted by Crippen LogP contribution is -2.50. The van der Waals surface area contributed by atoms with Crippen molar-refractivity contribution < 1.29 is 45.2 Å². The summed E-state index contributed by atoms with van der Waals surface area (Å²) in [5, 5.41) is 14.0. The summed E-state index contributed by atoms with van der Waals surface area (Å²) < 4.78 is 89.9. The third-order valence-corrected chi connectivity index (χ3v) is 7.55. The van der Waals surface area contributed by atoms with Crippen molar-refractivity contribution in [3.8, 4) is 0 Å². The molecule has 1 aromatic heterocycles. The quantitative estimate of drug-likeness (QED) is 0.200. The molecule has 1 aliphatic carbocycles. The molecule has 5 rings (SSSR count). The van der Waals surface area contributed by atoms with Crippen LogP contribution in [-0.2, 0) is 21.9 Å². The molecule has 16 heteroatoms. The third kappa shape index (κ3) is 7.29. The van der Waals surface area contributed by atoms with Crippen LogP contribution in [0.25, 0.3) is 11.1 Å². The van der Waals surface area contributed by atoms with Crippen molar-refractivity contribution >= 4 is 34.4 Å². The molecule has 10 nitrogen and oxygen atoms in total. The first kappa shape index (κ1) is 30.4. The standard InChI is InChI=1S/C27H27F6N5O5/c28-26(29,30)16-1-6-23-22(13-16)35-25(43-23)37-9-7-36(8-10-37)24(39)15-42-21-4-2-18(3-5-21)34-19-11-17(27(31,32)33)12-20(14-19)38(40)41/h1,6,11-14,18,21,34H,2-5,7-10,15H2. The van der Waals surface area contributed by atoms with Gasteiger partial charge >= 0.3 is 12.4 Å². The average Bonchev–Trinajstić information content (AvgIpc) is 3.39. The van der Waals surface area contributed by atoms with E-state index in [0.717, 1.165) is 24.3 Å². The first-order chi connectivity index (χ1) is 20.3. The minimum absolute atomic E-state index is 0.0177. The molecule has 0 radical (unpaired) electrons.